The van der Waals surface area contributed by atoms with E-state index in [1.165, 1.54) is 12.1 Å². The summed E-state index contributed by atoms with van der Waals surface area (Å²) < 4.78 is 23.2. The molecule has 0 aromatic heterocycles. The number of para-hydroxylation sites is 1. The van der Waals surface area contributed by atoms with Crippen LogP contribution in [0.1, 0.15) is 0 Å². The maximum absolute atomic E-state index is 11.6. The molecule has 1 radical (unpaired) electrons. The Hall–Kier alpha value is -0.960. The van der Waals surface area contributed by atoms with E-state index < -0.39 is 5.34 Å². The van der Waals surface area contributed by atoms with Gasteiger partial charge in [0, 0.05) is 12.1 Å². The first-order valence-electron chi connectivity index (χ1n) is 2.47. The Morgan fingerprint density at radius 3 is 1.89 bits per heavy atom. The van der Waals surface area contributed by atoms with Crippen LogP contribution in [0.5, 0.6) is 0 Å². The van der Waals surface area contributed by atoms with Crippen molar-refractivity contribution in [3.63, 3.8) is 0 Å². The van der Waals surface area contributed by atoms with Gasteiger partial charge in [-0.1, -0.05) is 18.2 Å². The molecule has 1 rings (SSSR count). The number of hydrogen-bond donors (Lipinski definition) is 0. The Bertz CT molecular complexity index is 174. The molecule has 0 saturated heterocycles. The number of halogens is 2. The van der Waals surface area contributed by atoms with Crippen molar-refractivity contribution >= 4 is 5.69 Å². The van der Waals surface area contributed by atoms with E-state index in [-0.39, 0.29) is 5.69 Å². The van der Waals surface area contributed by atoms with Crippen molar-refractivity contribution < 1.29 is 8.96 Å². The quantitative estimate of drug-likeness (QED) is 0.513. The van der Waals surface area contributed by atoms with Crippen LogP contribution >= 0.6 is 0 Å². The Morgan fingerprint density at radius 2 is 1.56 bits per heavy atom. The van der Waals surface area contributed by atoms with Gasteiger partial charge in [-0.3, -0.25) is 0 Å². The third-order valence-electron chi connectivity index (χ3n) is 0.951. The van der Waals surface area contributed by atoms with Crippen LogP contribution in [0, 0.1) is 0 Å². The highest BCUT2D eigenvalue weighted by atomic mass is 19.4. The van der Waals surface area contributed by atoms with Crippen LogP contribution in [0.15, 0.2) is 30.3 Å². The van der Waals surface area contributed by atoms with Crippen molar-refractivity contribution in [2.45, 2.75) is 0 Å². The monoisotopic (exact) mass is 129 g/mol. The van der Waals surface area contributed by atoms with Gasteiger partial charge < -0.3 is 0 Å². The van der Waals surface area contributed by atoms with Crippen molar-refractivity contribution in [2.24, 2.45) is 0 Å². The topological polar surface area (TPSA) is 5.90 Å². The second-order valence-corrected chi connectivity index (χ2v) is 1.57. The molecule has 0 fully saturated rings. The molecule has 0 aliphatic heterocycles. The summed E-state index contributed by atoms with van der Waals surface area (Å²) in [5.74, 6) is 0. The van der Waals surface area contributed by atoms with E-state index in [0.29, 0.717) is 0 Å². The molecule has 0 heterocycles. The lowest BCUT2D eigenvalue weighted by atomic mass is 10.3. The lowest BCUT2D eigenvalue weighted by Gasteiger charge is -1.81. The van der Waals surface area contributed by atoms with E-state index >= 15 is 0 Å². The van der Waals surface area contributed by atoms with Gasteiger partial charge in [0.15, 0.2) is 0 Å². The molecular weight excluding hydrogens is 124 g/mol. The van der Waals surface area contributed by atoms with Crippen LogP contribution in [0.2, 0.25) is 0 Å². The van der Waals surface area contributed by atoms with Gasteiger partial charge in [0.25, 0.3) is 5.69 Å². The third-order valence-corrected chi connectivity index (χ3v) is 0.951. The maximum atomic E-state index is 11.6. The average Bonchev–Trinajstić information content (AvgIpc) is 1.90. The number of anilines is 1. The summed E-state index contributed by atoms with van der Waals surface area (Å²) in [6.07, 6.45) is 0. The molecule has 0 aliphatic rings. The number of benzene rings is 1. The fraction of sp³-hybridized carbons (Fsp3) is 0. The van der Waals surface area contributed by atoms with E-state index in [0.717, 1.165) is 0 Å². The predicted octanol–water partition coefficient (Wildman–Crippen LogP) is 2.23. The first-order valence-corrected chi connectivity index (χ1v) is 2.47. The maximum Gasteiger partial charge on any atom is 0.308 e. The third kappa shape index (κ3) is 1.47. The van der Waals surface area contributed by atoms with Crippen LogP contribution in [-0.4, -0.2) is 0 Å². The summed E-state index contributed by atoms with van der Waals surface area (Å²) >= 11 is 0. The molecule has 0 saturated carbocycles. The molecule has 0 N–H and O–H groups in total. The summed E-state index contributed by atoms with van der Waals surface area (Å²) in [4.78, 5) is 0. The van der Waals surface area contributed by atoms with Gasteiger partial charge in [0.2, 0.25) is 0 Å². The first kappa shape index (κ1) is 6.16. The summed E-state index contributed by atoms with van der Waals surface area (Å²) in [6, 6.07) is 7.47. The van der Waals surface area contributed by atoms with Gasteiger partial charge >= 0.3 is 5.34 Å². The molecule has 0 unspecified atom stereocenters. The molecule has 3 heteroatoms. The van der Waals surface area contributed by atoms with Crippen molar-refractivity contribution in [1.82, 2.24) is 5.34 Å². The van der Waals surface area contributed by atoms with E-state index in [4.69, 9.17) is 0 Å². The van der Waals surface area contributed by atoms with Crippen molar-refractivity contribution in [2.75, 3.05) is 0 Å². The molecule has 9 heavy (non-hydrogen) atoms. The Morgan fingerprint density at radius 1 is 1.00 bits per heavy atom. The van der Waals surface area contributed by atoms with Gasteiger partial charge in [0.1, 0.15) is 8.96 Å². The second kappa shape index (κ2) is 2.55. The Labute approximate surface area is 51.4 Å². The van der Waals surface area contributed by atoms with Crippen molar-refractivity contribution in [1.29, 1.82) is 0 Å². The predicted molar refractivity (Wildman–Crippen MR) is 30.5 cm³/mol. The van der Waals surface area contributed by atoms with Crippen molar-refractivity contribution in [3.8, 4) is 0 Å². The van der Waals surface area contributed by atoms with Gasteiger partial charge in [-0.05, 0) is 0 Å². The van der Waals surface area contributed by atoms with Gasteiger partial charge in [-0.25, -0.2) is 0 Å². The SMILES string of the molecule is F[N+](F)c1ccccc1. The largest absolute Gasteiger partial charge is 0.308 e. The molecule has 47 valence electrons. The highest BCUT2D eigenvalue weighted by molar-refractivity contribution is 5.34. The molecule has 1 aromatic carbocycles. The van der Waals surface area contributed by atoms with Crippen LogP contribution < -0.4 is 5.34 Å². The van der Waals surface area contributed by atoms with E-state index in [2.05, 4.69) is 0 Å². The standard InChI is InChI=1S/C6H5F2N/c7-9(8)6-4-2-1-3-5-6/h1-5H/q+1. The lowest BCUT2D eigenvalue weighted by Crippen LogP contribution is -1.95. The number of nitrogens with zero attached hydrogens (tertiary/aromatic N) is 1. The number of hydrogen-bond acceptors (Lipinski definition) is 1. The smallest absolute Gasteiger partial charge is 0.0618 e. The second-order valence-electron chi connectivity index (χ2n) is 1.57. The van der Waals surface area contributed by atoms with Gasteiger partial charge in [-0.15, -0.1) is 0 Å². The molecule has 0 spiro atoms. The molecule has 0 atom stereocenters. The van der Waals surface area contributed by atoms with E-state index in [9.17, 15) is 8.96 Å². The zero-order chi connectivity index (χ0) is 6.69. The Balaban J connectivity index is 2.85. The normalized spacial score (nSPS) is 10.1. The lowest BCUT2D eigenvalue weighted by molar-refractivity contribution is 0.0207. The number of rotatable bonds is 1. The molecule has 0 aliphatic carbocycles. The minimum Gasteiger partial charge on any atom is -0.0618 e. The molecule has 0 bridgehead atoms. The van der Waals surface area contributed by atoms with Gasteiger partial charge in [0.05, 0.1) is 0 Å². The summed E-state index contributed by atoms with van der Waals surface area (Å²) in [5.41, 5.74) is -0.0856. The average molecular weight is 129 g/mol. The highest BCUT2D eigenvalue weighted by Gasteiger charge is 2.17. The zero-order valence-corrected chi connectivity index (χ0v) is 4.59. The minimum absolute atomic E-state index is 0.0856. The fourth-order valence-corrected chi connectivity index (χ4v) is 0.541. The van der Waals surface area contributed by atoms with Crippen molar-refractivity contribution in [3.05, 3.63) is 30.3 Å². The highest BCUT2D eigenvalue weighted by Crippen LogP contribution is 2.11. The molecule has 1 aromatic rings. The summed E-state index contributed by atoms with van der Waals surface area (Å²) in [5, 5.41) is -0.917. The summed E-state index contributed by atoms with van der Waals surface area (Å²) in [7, 11) is 0. The summed E-state index contributed by atoms with van der Waals surface area (Å²) in [6.45, 7) is 0. The van der Waals surface area contributed by atoms with Crippen LogP contribution in [-0.2, 0) is 0 Å². The van der Waals surface area contributed by atoms with E-state index in [1.807, 2.05) is 0 Å². The minimum atomic E-state index is -0.917. The zero-order valence-electron chi connectivity index (χ0n) is 4.59. The molecule has 1 nitrogen and oxygen atoms in total. The van der Waals surface area contributed by atoms with E-state index in [1.54, 1.807) is 18.2 Å². The van der Waals surface area contributed by atoms with Gasteiger partial charge in [-0.2, -0.15) is 0 Å². The molecular formula is C6H5F2N+. The van der Waals surface area contributed by atoms with Crippen LogP contribution in [0.25, 0.3) is 0 Å². The fourth-order valence-electron chi connectivity index (χ4n) is 0.541. The Kier molecular flexibility index (Phi) is 1.75. The first-order chi connectivity index (χ1) is 4.30. The molecule has 0 amide bonds. The van der Waals surface area contributed by atoms with Crippen LogP contribution in [0.4, 0.5) is 14.6 Å². The van der Waals surface area contributed by atoms with Crippen LogP contribution in [0.3, 0.4) is 0 Å².